The molecule has 0 radical (unpaired) electrons. The summed E-state index contributed by atoms with van der Waals surface area (Å²) in [4.78, 5) is 9.66. The Hall–Kier alpha value is -3.48. The first-order valence-electron chi connectivity index (χ1n) is 12.8. The summed E-state index contributed by atoms with van der Waals surface area (Å²) in [5.74, 6) is 1.42. The van der Waals surface area contributed by atoms with Crippen LogP contribution in [0, 0.1) is 6.92 Å². The molecule has 6 nitrogen and oxygen atoms in total. The lowest BCUT2D eigenvalue weighted by Gasteiger charge is -2.30. The maximum absolute atomic E-state index is 10.5. The Morgan fingerprint density at radius 2 is 2.00 bits per heavy atom. The van der Waals surface area contributed by atoms with E-state index in [-0.39, 0.29) is 6.61 Å². The van der Waals surface area contributed by atoms with Crippen LogP contribution in [0.2, 0.25) is 0 Å². The van der Waals surface area contributed by atoms with Gasteiger partial charge in [0.15, 0.2) is 0 Å². The van der Waals surface area contributed by atoms with Crippen molar-refractivity contribution in [1.29, 1.82) is 0 Å². The molecular weight excluding hydrogens is 464 g/mol. The minimum atomic E-state index is -0.521. The summed E-state index contributed by atoms with van der Waals surface area (Å²) in [5, 5.41) is 12.5. The van der Waals surface area contributed by atoms with Crippen LogP contribution < -0.4 is 9.47 Å². The van der Waals surface area contributed by atoms with Crippen LogP contribution in [0.1, 0.15) is 50.5 Å². The Bertz CT molecular complexity index is 1480. The largest absolute Gasteiger partial charge is 0.493 e. The molecule has 0 fully saturated rings. The molecule has 5 rings (SSSR count). The highest BCUT2D eigenvalue weighted by atomic mass is 16.5. The van der Waals surface area contributed by atoms with E-state index in [2.05, 4.69) is 12.1 Å². The van der Waals surface area contributed by atoms with Gasteiger partial charge in [0.05, 0.1) is 29.8 Å². The standard InChI is InChI=1S/C31H34N2O4/c1-6-7-15-36-26-11-9-21-23(33-26)17-19(2)27(25(18-34)37-31(3,4)5)29(21)22-8-10-24-28-20(13-16-35-24)12-14-32-30(22)28/h6-12,14,17,25,34H,13,15-16,18H2,1-5H3. The van der Waals surface area contributed by atoms with E-state index in [1.807, 2.05) is 77.2 Å². The van der Waals surface area contributed by atoms with Crippen LogP contribution in [-0.4, -0.2) is 40.5 Å². The second kappa shape index (κ2) is 10.1. The Labute approximate surface area is 217 Å². The highest BCUT2D eigenvalue weighted by molar-refractivity contribution is 6.07. The van der Waals surface area contributed by atoms with Gasteiger partial charge in [-0.25, -0.2) is 4.98 Å². The lowest BCUT2D eigenvalue weighted by Crippen LogP contribution is -2.25. The number of benzene rings is 2. The molecule has 1 aliphatic heterocycles. The number of aryl methyl sites for hydroxylation is 1. The molecule has 2 aromatic carbocycles. The number of rotatable bonds is 7. The molecule has 1 aliphatic rings. The van der Waals surface area contributed by atoms with Crippen molar-refractivity contribution in [3.05, 3.63) is 71.4 Å². The molecule has 1 atom stereocenters. The fourth-order valence-corrected chi connectivity index (χ4v) is 5.14. The Morgan fingerprint density at radius 1 is 1.16 bits per heavy atom. The third-order valence-electron chi connectivity index (χ3n) is 6.60. The van der Waals surface area contributed by atoms with Gasteiger partial charge in [-0.1, -0.05) is 12.2 Å². The van der Waals surface area contributed by atoms with E-state index in [0.717, 1.165) is 56.2 Å². The van der Waals surface area contributed by atoms with E-state index in [9.17, 15) is 5.11 Å². The second-order valence-corrected chi connectivity index (χ2v) is 10.4. The van der Waals surface area contributed by atoms with Crippen LogP contribution in [0.4, 0.5) is 0 Å². The average Bonchev–Trinajstić information content (AvgIpc) is 2.87. The molecule has 4 aromatic rings. The summed E-state index contributed by atoms with van der Waals surface area (Å²) >= 11 is 0. The van der Waals surface area contributed by atoms with Crippen molar-refractivity contribution in [3.8, 4) is 22.8 Å². The lowest BCUT2D eigenvalue weighted by atomic mass is 9.86. The van der Waals surface area contributed by atoms with Gasteiger partial charge in [-0.3, -0.25) is 4.98 Å². The van der Waals surface area contributed by atoms with Gasteiger partial charge in [-0.15, -0.1) is 0 Å². The molecule has 37 heavy (non-hydrogen) atoms. The van der Waals surface area contributed by atoms with E-state index in [4.69, 9.17) is 24.2 Å². The van der Waals surface area contributed by atoms with Crippen LogP contribution in [0.3, 0.4) is 0 Å². The van der Waals surface area contributed by atoms with E-state index in [1.54, 1.807) is 0 Å². The average molecular weight is 499 g/mol. The molecule has 0 amide bonds. The normalized spacial score (nSPS) is 14.3. The molecule has 3 heterocycles. The highest BCUT2D eigenvalue weighted by Crippen LogP contribution is 2.44. The highest BCUT2D eigenvalue weighted by Gasteiger charge is 2.28. The summed E-state index contributed by atoms with van der Waals surface area (Å²) in [7, 11) is 0. The summed E-state index contributed by atoms with van der Waals surface area (Å²) in [5.41, 5.74) is 6.34. The van der Waals surface area contributed by atoms with Crippen molar-refractivity contribution in [2.75, 3.05) is 19.8 Å². The molecule has 2 aromatic heterocycles. The lowest BCUT2D eigenvalue weighted by molar-refractivity contribution is -0.0821. The SMILES string of the molecule is CC=CCOc1ccc2c(-c3ccc4c5c(ccnc35)CCO4)c(C(CO)OC(C)(C)C)c(C)cc2n1. The monoisotopic (exact) mass is 498 g/mol. The number of aliphatic hydroxyl groups excluding tert-OH is 1. The number of ether oxygens (including phenoxy) is 3. The van der Waals surface area contributed by atoms with Crippen LogP contribution >= 0.6 is 0 Å². The number of nitrogens with zero attached hydrogens (tertiary/aromatic N) is 2. The minimum absolute atomic E-state index is 0.146. The first-order valence-corrected chi connectivity index (χ1v) is 12.8. The molecule has 0 saturated heterocycles. The molecule has 1 unspecified atom stereocenters. The molecule has 1 N–H and O–H groups in total. The summed E-state index contributed by atoms with van der Waals surface area (Å²) in [6.45, 7) is 11.0. The number of hydrogen-bond acceptors (Lipinski definition) is 6. The summed E-state index contributed by atoms with van der Waals surface area (Å²) in [6, 6.07) is 12.2. The Balaban J connectivity index is 1.81. The van der Waals surface area contributed by atoms with Crippen molar-refractivity contribution >= 4 is 21.8 Å². The third-order valence-corrected chi connectivity index (χ3v) is 6.60. The second-order valence-electron chi connectivity index (χ2n) is 10.4. The maximum Gasteiger partial charge on any atom is 0.214 e. The zero-order valence-corrected chi connectivity index (χ0v) is 22.2. The fourth-order valence-electron chi connectivity index (χ4n) is 5.14. The van der Waals surface area contributed by atoms with Gasteiger partial charge in [0.2, 0.25) is 5.88 Å². The Kier molecular flexibility index (Phi) is 6.88. The van der Waals surface area contributed by atoms with Crippen LogP contribution in [0.25, 0.3) is 32.9 Å². The van der Waals surface area contributed by atoms with Crippen molar-refractivity contribution in [3.63, 3.8) is 0 Å². The first-order chi connectivity index (χ1) is 17.8. The zero-order valence-electron chi connectivity index (χ0n) is 22.2. The molecule has 0 bridgehead atoms. The first kappa shape index (κ1) is 25.2. The molecule has 0 aliphatic carbocycles. The number of hydrogen-bond donors (Lipinski definition) is 1. The van der Waals surface area contributed by atoms with Gasteiger partial charge in [0, 0.05) is 35.0 Å². The van der Waals surface area contributed by atoms with E-state index in [1.165, 1.54) is 5.56 Å². The van der Waals surface area contributed by atoms with Crippen LogP contribution in [-0.2, 0) is 11.2 Å². The van der Waals surface area contributed by atoms with Gasteiger partial charge in [0.1, 0.15) is 18.5 Å². The van der Waals surface area contributed by atoms with Crippen LogP contribution in [0.15, 0.2) is 54.7 Å². The molecule has 6 heteroatoms. The van der Waals surface area contributed by atoms with E-state index in [0.29, 0.717) is 19.1 Å². The van der Waals surface area contributed by atoms with Crippen molar-refractivity contribution < 1.29 is 19.3 Å². The molecule has 192 valence electrons. The molecule has 0 saturated carbocycles. The summed E-state index contributed by atoms with van der Waals surface area (Å²) in [6.07, 6.45) is 6.09. The number of fused-ring (bicyclic) bond motifs is 1. The van der Waals surface area contributed by atoms with Gasteiger partial charge < -0.3 is 19.3 Å². The van der Waals surface area contributed by atoms with Gasteiger partial charge in [0.25, 0.3) is 0 Å². The number of allylic oxidation sites excluding steroid dienone is 1. The third kappa shape index (κ3) is 4.91. The predicted octanol–water partition coefficient (Wildman–Crippen LogP) is 6.50. The predicted molar refractivity (Wildman–Crippen MR) is 147 cm³/mol. The molecular formula is C31H34N2O4. The minimum Gasteiger partial charge on any atom is -0.493 e. The van der Waals surface area contributed by atoms with Crippen LogP contribution in [0.5, 0.6) is 11.6 Å². The topological polar surface area (TPSA) is 73.7 Å². The van der Waals surface area contributed by atoms with Crippen molar-refractivity contribution in [2.24, 2.45) is 0 Å². The number of aliphatic hydroxyl groups is 1. The zero-order chi connectivity index (χ0) is 26.2. The maximum atomic E-state index is 10.5. The van der Waals surface area contributed by atoms with Gasteiger partial charge >= 0.3 is 0 Å². The van der Waals surface area contributed by atoms with Gasteiger partial charge in [-0.2, -0.15) is 0 Å². The smallest absolute Gasteiger partial charge is 0.214 e. The quantitative estimate of drug-likeness (QED) is 0.293. The number of aromatic nitrogens is 2. The van der Waals surface area contributed by atoms with Gasteiger partial charge in [-0.05, 0) is 87.2 Å². The van der Waals surface area contributed by atoms with E-state index < -0.39 is 11.7 Å². The molecule has 0 spiro atoms. The van der Waals surface area contributed by atoms with E-state index >= 15 is 0 Å². The fraction of sp³-hybridized carbons (Fsp3) is 0.355. The number of pyridine rings is 2. The summed E-state index contributed by atoms with van der Waals surface area (Å²) < 4.78 is 18.2. The van der Waals surface area contributed by atoms with Crippen molar-refractivity contribution in [2.45, 2.75) is 52.7 Å². The van der Waals surface area contributed by atoms with Crippen molar-refractivity contribution in [1.82, 2.24) is 9.97 Å². The Morgan fingerprint density at radius 3 is 2.76 bits per heavy atom.